The van der Waals surface area contributed by atoms with Gasteiger partial charge in [0.1, 0.15) is 6.17 Å². The van der Waals surface area contributed by atoms with Crippen molar-refractivity contribution in [2.75, 3.05) is 6.54 Å². The monoisotopic (exact) mass is 258 g/mol. The van der Waals surface area contributed by atoms with Crippen molar-refractivity contribution in [3.8, 4) is 0 Å². The van der Waals surface area contributed by atoms with Gasteiger partial charge in [-0.25, -0.2) is 0 Å². The van der Waals surface area contributed by atoms with Gasteiger partial charge in [0, 0.05) is 6.04 Å². The van der Waals surface area contributed by atoms with E-state index in [1.165, 1.54) is 16.7 Å². The quantitative estimate of drug-likeness (QED) is 0.884. The maximum absolute atomic E-state index is 12.1. The number of carbonyl (C=O) groups excluding carboxylic acids is 1. The van der Waals surface area contributed by atoms with Crippen LogP contribution in [0.15, 0.2) is 18.2 Å². The van der Waals surface area contributed by atoms with Crippen LogP contribution in [0.4, 0.5) is 0 Å². The zero-order chi connectivity index (χ0) is 13.6. The Balaban J connectivity index is 1.88. The van der Waals surface area contributed by atoms with Crippen LogP contribution in [0, 0.1) is 19.8 Å². The summed E-state index contributed by atoms with van der Waals surface area (Å²) in [5.74, 6) is 1.01. The molecule has 3 rings (SSSR count). The Hall–Kier alpha value is -1.35. The van der Waals surface area contributed by atoms with Crippen LogP contribution < -0.4 is 5.32 Å². The highest BCUT2D eigenvalue weighted by atomic mass is 16.2. The Kier molecular flexibility index (Phi) is 3.09. The molecule has 1 heterocycles. The molecule has 1 aliphatic heterocycles. The Morgan fingerprint density at radius 3 is 2.63 bits per heavy atom. The van der Waals surface area contributed by atoms with Crippen molar-refractivity contribution >= 4 is 5.91 Å². The van der Waals surface area contributed by atoms with E-state index < -0.39 is 0 Å². The van der Waals surface area contributed by atoms with Gasteiger partial charge < -0.3 is 4.90 Å². The van der Waals surface area contributed by atoms with Gasteiger partial charge in [0.25, 0.3) is 0 Å². The van der Waals surface area contributed by atoms with Crippen LogP contribution in [0.5, 0.6) is 0 Å². The summed E-state index contributed by atoms with van der Waals surface area (Å²) in [6, 6.07) is 6.93. The third kappa shape index (κ3) is 2.16. The molecule has 0 spiro atoms. The molecule has 1 amide bonds. The van der Waals surface area contributed by atoms with E-state index >= 15 is 0 Å². The summed E-state index contributed by atoms with van der Waals surface area (Å²) in [5.41, 5.74) is 3.79. The molecule has 1 saturated carbocycles. The molecule has 2 aliphatic rings. The fraction of sp³-hybridized carbons (Fsp3) is 0.562. The van der Waals surface area contributed by atoms with Gasteiger partial charge in [-0.15, -0.1) is 0 Å². The van der Waals surface area contributed by atoms with E-state index in [-0.39, 0.29) is 12.1 Å². The summed E-state index contributed by atoms with van der Waals surface area (Å²) in [7, 11) is 0. The van der Waals surface area contributed by atoms with Crippen LogP contribution in [0.1, 0.15) is 42.6 Å². The standard InChI is InChI=1S/C16H22N2O/c1-10-4-5-14(12(3)6-10)16-17-9-15(19)18(16)13-7-11(2)8-13/h4-6,11,13,16-17H,7-9H2,1-3H3. The first-order valence-electron chi connectivity index (χ1n) is 7.18. The minimum Gasteiger partial charge on any atom is -0.319 e. The summed E-state index contributed by atoms with van der Waals surface area (Å²) >= 11 is 0. The Labute approximate surface area is 115 Å². The zero-order valence-electron chi connectivity index (χ0n) is 11.9. The number of carbonyl (C=O) groups is 1. The second-order valence-electron chi connectivity index (χ2n) is 6.17. The lowest BCUT2D eigenvalue weighted by Gasteiger charge is -2.42. The van der Waals surface area contributed by atoms with Crippen molar-refractivity contribution in [3.05, 3.63) is 34.9 Å². The van der Waals surface area contributed by atoms with E-state index in [2.05, 4.69) is 49.2 Å². The van der Waals surface area contributed by atoms with Crippen molar-refractivity contribution in [3.63, 3.8) is 0 Å². The van der Waals surface area contributed by atoms with Crippen LogP contribution >= 0.6 is 0 Å². The molecule has 0 aromatic heterocycles. The average Bonchev–Trinajstić information content (AvgIpc) is 2.67. The largest absolute Gasteiger partial charge is 0.319 e. The van der Waals surface area contributed by atoms with E-state index in [4.69, 9.17) is 0 Å². The number of hydrogen-bond donors (Lipinski definition) is 1. The molecule has 1 unspecified atom stereocenters. The number of amides is 1. The second kappa shape index (κ2) is 4.64. The van der Waals surface area contributed by atoms with Crippen molar-refractivity contribution in [1.29, 1.82) is 0 Å². The summed E-state index contributed by atoms with van der Waals surface area (Å²) in [5, 5.41) is 3.37. The molecule has 1 aliphatic carbocycles. The number of hydrogen-bond acceptors (Lipinski definition) is 2. The molecule has 1 atom stereocenters. The molecule has 102 valence electrons. The second-order valence-corrected chi connectivity index (χ2v) is 6.17. The topological polar surface area (TPSA) is 32.3 Å². The van der Waals surface area contributed by atoms with Crippen LogP contribution in [-0.2, 0) is 4.79 Å². The van der Waals surface area contributed by atoms with Crippen molar-refractivity contribution in [1.82, 2.24) is 10.2 Å². The van der Waals surface area contributed by atoms with Gasteiger partial charge in [-0.05, 0) is 43.7 Å². The van der Waals surface area contributed by atoms with E-state index in [1.54, 1.807) is 0 Å². The Bertz CT molecular complexity index is 505. The smallest absolute Gasteiger partial charge is 0.238 e. The highest BCUT2D eigenvalue weighted by Crippen LogP contribution is 2.37. The molecule has 19 heavy (non-hydrogen) atoms. The predicted molar refractivity (Wildman–Crippen MR) is 75.7 cm³/mol. The molecule has 3 heteroatoms. The lowest BCUT2D eigenvalue weighted by atomic mass is 9.80. The number of nitrogens with one attached hydrogen (secondary N) is 1. The number of rotatable bonds is 2. The van der Waals surface area contributed by atoms with Crippen LogP contribution in [0.3, 0.4) is 0 Å². The minimum atomic E-state index is 0.0746. The van der Waals surface area contributed by atoms with Gasteiger partial charge in [-0.1, -0.05) is 30.7 Å². The molecule has 0 radical (unpaired) electrons. The van der Waals surface area contributed by atoms with Crippen molar-refractivity contribution in [2.24, 2.45) is 5.92 Å². The minimum absolute atomic E-state index is 0.0746. The summed E-state index contributed by atoms with van der Waals surface area (Å²) < 4.78 is 0. The summed E-state index contributed by atoms with van der Waals surface area (Å²) in [4.78, 5) is 14.2. The van der Waals surface area contributed by atoms with Crippen LogP contribution in [0.2, 0.25) is 0 Å². The molecule has 2 fully saturated rings. The lowest BCUT2D eigenvalue weighted by Crippen LogP contribution is -2.46. The van der Waals surface area contributed by atoms with Gasteiger partial charge >= 0.3 is 0 Å². The molecular weight excluding hydrogens is 236 g/mol. The fourth-order valence-corrected chi connectivity index (χ4v) is 3.41. The molecule has 1 N–H and O–H groups in total. The van der Waals surface area contributed by atoms with E-state index in [0.29, 0.717) is 12.6 Å². The first kappa shape index (κ1) is 12.7. The average molecular weight is 258 g/mol. The molecular formula is C16H22N2O. The number of aryl methyl sites for hydroxylation is 2. The fourth-order valence-electron chi connectivity index (χ4n) is 3.41. The highest BCUT2D eigenvalue weighted by molar-refractivity contribution is 5.81. The van der Waals surface area contributed by atoms with Gasteiger partial charge in [0.05, 0.1) is 6.54 Å². The molecule has 0 bridgehead atoms. The molecule has 1 aromatic rings. The number of benzene rings is 1. The van der Waals surface area contributed by atoms with Gasteiger partial charge in [-0.3, -0.25) is 10.1 Å². The van der Waals surface area contributed by atoms with Crippen molar-refractivity contribution < 1.29 is 4.79 Å². The zero-order valence-corrected chi connectivity index (χ0v) is 11.9. The lowest BCUT2D eigenvalue weighted by molar-refractivity contribution is -0.133. The van der Waals surface area contributed by atoms with Gasteiger partial charge in [0.15, 0.2) is 0 Å². The van der Waals surface area contributed by atoms with Crippen LogP contribution in [-0.4, -0.2) is 23.4 Å². The molecule has 1 aromatic carbocycles. The number of nitrogens with zero attached hydrogens (tertiary/aromatic N) is 1. The molecule has 3 nitrogen and oxygen atoms in total. The van der Waals surface area contributed by atoms with E-state index in [1.807, 2.05) is 0 Å². The maximum atomic E-state index is 12.1. The first-order valence-corrected chi connectivity index (χ1v) is 7.18. The third-order valence-electron chi connectivity index (χ3n) is 4.47. The normalized spacial score (nSPS) is 30.6. The predicted octanol–water partition coefficient (Wildman–Crippen LogP) is 2.53. The summed E-state index contributed by atoms with van der Waals surface area (Å²) in [6.45, 7) is 6.98. The first-order chi connectivity index (χ1) is 9.06. The van der Waals surface area contributed by atoms with Crippen LogP contribution in [0.25, 0.3) is 0 Å². The highest BCUT2D eigenvalue weighted by Gasteiger charge is 2.41. The van der Waals surface area contributed by atoms with E-state index in [9.17, 15) is 4.79 Å². The van der Waals surface area contributed by atoms with Gasteiger partial charge in [0.2, 0.25) is 5.91 Å². The Morgan fingerprint density at radius 2 is 2.00 bits per heavy atom. The van der Waals surface area contributed by atoms with Crippen molar-refractivity contribution in [2.45, 2.75) is 45.8 Å². The maximum Gasteiger partial charge on any atom is 0.238 e. The van der Waals surface area contributed by atoms with Gasteiger partial charge in [-0.2, -0.15) is 0 Å². The van der Waals surface area contributed by atoms with E-state index in [0.717, 1.165) is 18.8 Å². The third-order valence-corrected chi connectivity index (χ3v) is 4.47. The Morgan fingerprint density at radius 1 is 1.26 bits per heavy atom. The molecule has 1 saturated heterocycles. The summed E-state index contributed by atoms with van der Waals surface area (Å²) in [6.07, 6.45) is 2.37. The SMILES string of the molecule is Cc1ccc(C2NCC(=O)N2C2CC(C)C2)c(C)c1.